The highest BCUT2D eigenvalue weighted by molar-refractivity contribution is 7.85. The van der Waals surface area contributed by atoms with E-state index >= 15 is 0 Å². The molecule has 3 nitrogen and oxygen atoms in total. The van der Waals surface area contributed by atoms with Gasteiger partial charge in [0, 0.05) is 24.2 Å². The summed E-state index contributed by atoms with van der Waals surface area (Å²) in [5.74, 6) is 0. The van der Waals surface area contributed by atoms with Crippen LogP contribution in [0.5, 0.6) is 0 Å². The van der Waals surface area contributed by atoms with Gasteiger partial charge in [-0.1, -0.05) is 11.6 Å². The Morgan fingerprint density at radius 2 is 2.06 bits per heavy atom. The van der Waals surface area contributed by atoms with E-state index in [4.69, 9.17) is 22.1 Å². The highest BCUT2D eigenvalue weighted by Gasteiger charge is 2.23. The van der Waals surface area contributed by atoms with Crippen LogP contribution in [0.2, 0.25) is 5.02 Å². The van der Waals surface area contributed by atoms with E-state index in [9.17, 15) is 4.21 Å². The predicted molar refractivity (Wildman–Crippen MR) is 66.1 cm³/mol. The number of benzene rings is 1. The van der Waals surface area contributed by atoms with E-state index in [-0.39, 0.29) is 5.25 Å². The minimum Gasteiger partial charge on any atom is -0.399 e. The Morgan fingerprint density at radius 1 is 1.38 bits per heavy atom. The van der Waals surface area contributed by atoms with Crippen LogP contribution in [0.4, 0.5) is 5.69 Å². The van der Waals surface area contributed by atoms with E-state index in [0.717, 1.165) is 12.8 Å². The average molecular weight is 260 g/mol. The fraction of sp³-hybridized carbons (Fsp3) is 0.455. The molecule has 1 aromatic rings. The van der Waals surface area contributed by atoms with E-state index in [0.29, 0.717) is 28.8 Å². The Bertz CT molecular complexity index is 405. The van der Waals surface area contributed by atoms with Gasteiger partial charge in [0.15, 0.2) is 0 Å². The standard InChI is InChI=1S/C11H14ClNO2S/c12-10-7-8(13)1-2-11(10)16(14)9-3-5-15-6-4-9/h1-2,7,9H,3-6,13H2. The highest BCUT2D eigenvalue weighted by atomic mass is 35.5. The molecular formula is C11H14ClNO2S. The molecule has 0 spiro atoms. The minimum atomic E-state index is -1.06. The second-order valence-corrected chi connectivity index (χ2v) is 5.91. The number of nitrogens with two attached hydrogens (primary N) is 1. The Hall–Kier alpha value is -0.580. The van der Waals surface area contributed by atoms with Crippen LogP contribution in [0, 0.1) is 0 Å². The van der Waals surface area contributed by atoms with Crippen molar-refractivity contribution in [2.45, 2.75) is 23.0 Å². The maximum atomic E-state index is 12.3. The van der Waals surface area contributed by atoms with Crippen molar-refractivity contribution in [3.05, 3.63) is 23.2 Å². The third kappa shape index (κ3) is 2.56. The van der Waals surface area contributed by atoms with Crippen molar-refractivity contribution in [1.82, 2.24) is 0 Å². The molecule has 1 aliphatic rings. The monoisotopic (exact) mass is 259 g/mol. The van der Waals surface area contributed by atoms with Crippen LogP contribution >= 0.6 is 11.6 Å². The smallest absolute Gasteiger partial charge is 0.0588 e. The topological polar surface area (TPSA) is 52.3 Å². The lowest BCUT2D eigenvalue weighted by atomic mass is 10.2. The summed E-state index contributed by atoms with van der Waals surface area (Å²) in [4.78, 5) is 0.683. The lowest BCUT2D eigenvalue weighted by Gasteiger charge is -2.21. The fourth-order valence-electron chi connectivity index (χ4n) is 1.75. The summed E-state index contributed by atoms with van der Waals surface area (Å²) in [5.41, 5.74) is 6.20. The molecule has 2 rings (SSSR count). The van der Waals surface area contributed by atoms with Gasteiger partial charge in [-0.25, -0.2) is 0 Å². The Morgan fingerprint density at radius 3 is 2.69 bits per heavy atom. The number of anilines is 1. The summed E-state index contributed by atoms with van der Waals surface area (Å²) in [6.07, 6.45) is 1.65. The van der Waals surface area contributed by atoms with Crippen LogP contribution < -0.4 is 5.73 Å². The van der Waals surface area contributed by atoms with Crippen molar-refractivity contribution in [3.63, 3.8) is 0 Å². The van der Waals surface area contributed by atoms with Crippen molar-refractivity contribution in [2.24, 2.45) is 0 Å². The third-order valence-electron chi connectivity index (χ3n) is 2.64. The van der Waals surface area contributed by atoms with Crippen molar-refractivity contribution in [1.29, 1.82) is 0 Å². The molecular weight excluding hydrogens is 246 g/mol. The molecule has 0 saturated carbocycles. The minimum absolute atomic E-state index is 0.148. The normalized spacial score (nSPS) is 19.6. The Labute approximate surface area is 102 Å². The van der Waals surface area contributed by atoms with Gasteiger partial charge in [0.1, 0.15) is 0 Å². The van der Waals surface area contributed by atoms with Crippen LogP contribution in [-0.2, 0) is 15.5 Å². The lowest BCUT2D eigenvalue weighted by Crippen LogP contribution is -2.25. The summed E-state index contributed by atoms with van der Waals surface area (Å²) < 4.78 is 17.5. The van der Waals surface area contributed by atoms with E-state index < -0.39 is 10.8 Å². The molecule has 2 N–H and O–H groups in total. The second-order valence-electron chi connectivity index (χ2n) is 3.80. The number of nitrogen functional groups attached to an aromatic ring is 1. The van der Waals surface area contributed by atoms with Crippen molar-refractivity contribution in [2.75, 3.05) is 18.9 Å². The maximum absolute atomic E-state index is 12.3. The molecule has 0 radical (unpaired) electrons. The summed E-state index contributed by atoms with van der Waals surface area (Å²) in [6, 6.07) is 5.13. The molecule has 1 atom stereocenters. The molecule has 1 fully saturated rings. The Balaban J connectivity index is 2.19. The first-order chi connectivity index (χ1) is 7.68. The second kappa shape index (κ2) is 5.17. The van der Waals surface area contributed by atoms with Gasteiger partial charge in [0.05, 0.1) is 20.7 Å². The molecule has 0 aliphatic carbocycles. The van der Waals surface area contributed by atoms with Gasteiger partial charge in [-0.2, -0.15) is 0 Å². The van der Waals surface area contributed by atoms with Crippen LogP contribution in [0.25, 0.3) is 0 Å². The third-order valence-corrected chi connectivity index (χ3v) is 4.93. The predicted octanol–water partition coefficient (Wildman–Crippen LogP) is 2.21. The maximum Gasteiger partial charge on any atom is 0.0588 e. The number of ether oxygens (including phenoxy) is 1. The van der Waals surface area contributed by atoms with Gasteiger partial charge in [0.25, 0.3) is 0 Å². The first-order valence-corrected chi connectivity index (χ1v) is 6.81. The van der Waals surface area contributed by atoms with E-state index in [1.54, 1.807) is 18.2 Å². The SMILES string of the molecule is Nc1ccc(S(=O)C2CCOCC2)c(Cl)c1. The molecule has 88 valence electrons. The molecule has 0 bridgehead atoms. The molecule has 1 heterocycles. The highest BCUT2D eigenvalue weighted by Crippen LogP contribution is 2.27. The summed E-state index contributed by atoms with van der Waals surface area (Å²) >= 11 is 6.04. The van der Waals surface area contributed by atoms with Crippen LogP contribution in [0.1, 0.15) is 12.8 Å². The average Bonchev–Trinajstić information content (AvgIpc) is 2.29. The fourth-order valence-corrected chi connectivity index (χ4v) is 3.60. The molecule has 1 saturated heterocycles. The van der Waals surface area contributed by atoms with Crippen molar-refractivity contribution in [3.8, 4) is 0 Å². The van der Waals surface area contributed by atoms with Gasteiger partial charge in [-0.05, 0) is 31.0 Å². The first kappa shape index (κ1) is 11.9. The largest absolute Gasteiger partial charge is 0.399 e. The number of hydrogen-bond acceptors (Lipinski definition) is 3. The number of rotatable bonds is 2. The molecule has 1 aliphatic heterocycles. The van der Waals surface area contributed by atoms with Gasteiger partial charge in [-0.3, -0.25) is 4.21 Å². The van der Waals surface area contributed by atoms with E-state index in [2.05, 4.69) is 0 Å². The van der Waals surface area contributed by atoms with Gasteiger partial charge < -0.3 is 10.5 Å². The van der Waals surface area contributed by atoms with Crippen LogP contribution in [0.15, 0.2) is 23.1 Å². The van der Waals surface area contributed by atoms with Gasteiger partial charge in [-0.15, -0.1) is 0 Å². The van der Waals surface area contributed by atoms with E-state index in [1.165, 1.54) is 0 Å². The lowest BCUT2D eigenvalue weighted by molar-refractivity contribution is 0.0992. The zero-order valence-corrected chi connectivity index (χ0v) is 10.4. The van der Waals surface area contributed by atoms with Crippen molar-refractivity contribution < 1.29 is 8.95 Å². The zero-order chi connectivity index (χ0) is 11.5. The van der Waals surface area contributed by atoms with Crippen LogP contribution in [0.3, 0.4) is 0 Å². The molecule has 0 amide bonds. The van der Waals surface area contributed by atoms with E-state index in [1.807, 2.05) is 0 Å². The number of halogens is 1. The summed E-state index contributed by atoms with van der Waals surface area (Å²) in [6.45, 7) is 1.37. The molecule has 0 aromatic heterocycles. The molecule has 1 aromatic carbocycles. The molecule has 16 heavy (non-hydrogen) atoms. The quantitative estimate of drug-likeness (QED) is 0.829. The Kier molecular flexibility index (Phi) is 3.84. The molecule has 1 unspecified atom stereocenters. The van der Waals surface area contributed by atoms with Gasteiger partial charge >= 0.3 is 0 Å². The van der Waals surface area contributed by atoms with Crippen molar-refractivity contribution >= 4 is 28.1 Å². The molecule has 5 heteroatoms. The first-order valence-electron chi connectivity index (χ1n) is 5.22. The zero-order valence-electron chi connectivity index (χ0n) is 8.82. The summed E-state index contributed by atoms with van der Waals surface area (Å²) in [5, 5.41) is 0.639. The number of hydrogen-bond donors (Lipinski definition) is 1. The van der Waals surface area contributed by atoms with Gasteiger partial charge in [0.2, 0.25) is 0 Å². The summed E-state index contributed by atoms with van der Waals surface area (Å²) in [7, 11) is -1.06. The van der Waals surface area contributed by atoms with Crippen LogP contribution in [-0.4, -0.2) is 22.7 Å².